The molecule has 156 valence electrons. The van der Waals surface area contributed by atoms with Crippen molar-refractivity contribution in [1.29, 1.82) is 0 Å². The van der Waals surface area contributed by atoms with Gasteiger partial charge in [0.25, 0.3) is 5.91 Å². The number of β-amino-alcohol motifs (C(OH)–C–C–N with tert-alkyl or cyclic N) is 1. The number of hydrogen-bond acceptors (Lipinski definition) is 5. The van der Waals surface area contributed by atoms with Crippen LogP contribution in [0.5, 0.6) is 0 Å². The number of halogens is 1. The Balaban J connectivity index is 1.42. The Hall–Kier alpha value is -3.78. The minimum Gasteiger partial charge on any atom is -0.389 e. The van der Waals surface area contributed by atoms with Crippen molar-refractivity contribution in [1.82, 2.24) is 14.5 Å². The molecule has 0 atom stereocenters. The monoisotopic (exact) mass is 417 g/mol. The molecular weight excluding hydrogens is 397 g/mol. The summed E-state index contributed by atoms with van der Waals surface area (Å²) in [6.45, 7) is 1.30. The van der Waals surface area contributed by atoms with Gasteiger partial charge in [0.15, 0.2) is 0 Å². The number of anilines is 2. The molecule has 31 heavy (non-hydrogen) atoms. The van der Waals surface area contributed by atoms with E-state index in [1.54, 1.807) is 59.4 Å². The van der Waals surface area contributed by atoms with Crippen LogP contribution in [-0.4, -0.2) is 44.7 Å². The van der Waals surface area contributed by atoms with Crippen LogP contribution in [0.15, 0.2) is 67.0 Å². The topological polar surface area (TPSA) is 83.3 Å². The van der Waals surface area contributed by atoms with Gasteiger partial charge in [0, 0.05) is 30.2 Å². The molecule has 2 N–H and O–H groups in total. The Labute approximate surface area is 177 Å². The first-order chi connectivity index (χ1) is 15.1. The number of carbonyl (C=O) groups is 1. The highest BCUT2D eigenvalue weighted by atomic mass is 19.1. The molecular formula is C23H20FN5O2. The summed E-state index contributed by atoms with van der Waals surface area (Å²) in [7, 11) is 0. The zero-order valence-corrected chi connectivity index (χ0v) is 16.6. The summed E-state index contributed by atoms with van der Waals surface area (Å²) in [5, 5.41) is 13.1. The summed E-state index contributed by atoms with van der Waals surface area (Å²) in [5.41, 5.74) is 2.01. The first-order valence-corrected chi connectivity index (χ1v) is 9.96. The number of benzene rings is 1. The van der Waals surface area contributed by atoms with E-state index in [-0.39, 0.29) is 24.4 Å². The number of carbonyl (C=O) groups excluding carboxylic acids is 1. The third-order valence-electron chi connectivity index (χ3n) is 5.37. The lowest BCUT2D eigenvalue weighted by Gasteiger charge is -2.36. The lowest BCUT2D eigenvalue weighted by Crippen LogP contribution is -2.51. The minimum atomic E-state index is -0.331. The van der Waals surface area contributed by atoms with Crippen LogP contribution in [0.2, 0.25) is 0 Å². The number of aliphatic hydroxyl groups is 1. The van der Waals surface area contributed by atoms with Crippen LogP contribution in [0.3, 0.4) is 0 Å². The van der Waals surface area contributed by atoms with Crippen molar-refractivity contribution in [3.05, 3.63) is 84.1 Å². The summed E-state index contributed by atoms with van der Waals surface area (Å²) in [4.78, 5) is 23.8. The second-order valence-electron chi connectivity index (χ2n) is 7.54. The smallest absolute Gasteiger partial charge is 0.272 e. The van der Waals surface area contributed by atoms with Crippen LogP contribution < -0.4 is 10.2 Å². The van der Waals surface area contributed by atoms with Crippen molar-refractivity contribution in [2.45, 2.75) is 12.6 Å². The predicted octanol–water partition coefficient (Wildman–Crippen LogP) is 3.05. The van der Waals surface area contributed by atoms with Crippen molar-refractivity contribution in [2.75, 3.05) is 23.3 Å². The average Bonchev–Trinajstić information content (AvgIpc) is 3.12. The first-order valence-electron chi connectivity index (χ1n) is 9.96. The predicted molar refractivity (Wildman–Crippen MR) is 116 cm³/mol. The molecule has 0 bridgehead atoms. The van der Waals surface area contributed by atoms with E-state index >= 15 is 0 Å². The van der Waals surface area contributed by atoms with Crippen LogP contribution in [0, 0.1) is 5.82 Å². The van der Waals surface area contributed by atoms with Crippen molar-refractivity contribution in [3.63, 3.8) is 0 Å². The summed E-state index contributed by atoms with van der Waals surface area (Å²) >= 11 is 0. The molecule has 1 fully saturated rings. The zero-order chi connectivity index (χ0) is 21.4. The van der Waals surface area contributed by atoms with E-state index in [9.17, 15) is 14.3 Å². The molecule has 0 aliphatic carbocycles. The maximum Gasteiger partial charge on any atom is 0.272 e. The summed E-state index contributed by atoms with van der Waals surface area (Å²) < 4.78 is 16.0. The van der Waals surface area contributed by atoms with E-state index in [0.717, 1.165) is 11.2 Å². The molecule has 1 aliphatic rings. The molecule has 5 rings (SSSR count). The fourth-order valence-electron chi connectivity index (χ4n) is 3.72. The van der Waals surface area contributed by atoms with Gasteiger partial charge in [-0.2, -0.15) is 0 Å². The Morgan fingerprint density at radius 1 is 1.13 bits per heavy atom. The van der Waals surface area contributed by atoms with Crippen LogP contribution >= 0.6 is 0 Å². The van der Waals surface area contributed by atoms with Crippen molar-refractivity contribution in [2.24, 2.45) is 0 Å². The standard InChI is InChI=1S/C23H20FN5O2/c24-19-6-2-1-4-16(19)12-29-20(10-15-5-3-9-25-22(15)29)23(31)27-17-7-8-21(26-11-17)28-13-18(30)14-28/h1-11,18,30H,12-14H2,(H,27,31). The van der Waals surface area contributed by atoms with Gasteiger partial charge in [-0.15, -0.1) is 0 Å². The number of aliphatic hydroxyl groups excluding tert-OH is 1. The highest BCUT2D eigenvalue weighted by molar-refractivity contribution is 6.06. The van der Waals surface area contributed by atoms with E-state index < -0.39 is 0 Å². The quantitative estimate of drug-likeness (QED) is 0.522. The molecule has 0 radical (unpaired) electrons. The highest BCUT2D eigenvalue weighted by Crippen LogP contribution is 2.23. The van der Waals surface area contributed by atoms with E-state index in [1.807, 2.05) is 11.0 Å². The second-order valence-corrected chi connectivity index (χ2v) is 7.54. The van der Waals surface area contributed by atoms with Crippen LogP contribution in [0.4, 0.5) is 15.9 Å². The van der Waals surface area contributed by atoms with Gasteiger partial charge < -0.3 is 19.9 Å². The number of pyridine rings is 2. The third-order valence-corrected chi connectivity index (χ3v) is 5.37. The van der Waals surface area contributed by atoms with Gasteiger partial charge in [-0.1, -0.05) is 18.2 Å². The molecule has 0 spiro atoms. The Kier molecular flexibility index (Phi) is 4.83. The molecule has 4 heterocycles. The normalized spacial score (nSPS) is 13.9. The molecule has 0 unspecified atom stereocenters. The lowest BCUT2D eigenvalue weighted by molar-refractivity contribution is 0.101. The molecule has 1 amide bonds. The number of hydrogen-bond donors (Lipinski definition) is 2. The van der Waals surface area contributed by atoms with E-state index in [2.05, 4.69) is 15.3 Å². The second kappa shape index (κ2) is 7.81. The largest absolute Gasteiger partial charge is 0.389 e. The maximum atomic E-state index is 14.3. The number of nitrogens with one attached hydrogen (secondary N) is 1. The summed E-state index contributed by atoms with van der Waals surface area (Å²) in [5.74, 6) is 0.0898. The van der Waals surface area contributed by atoms with E-state index in [1.165, 1.54) is 6.07 Å². The number of aromatic nitrogens is 3. The molecule has 1 aromatic carbocycles. The molecule has 7 nitrogen and oxygen atoms in total. The van der Waals surface area contributed by atoms with Crippen molar-refractivity contribution >= 4 is 28.4 Å². The van der Waals surface area contributed by atoms with Crippen molar-refractivity contribution in [3.8, 4) is 0 Å². The number of rotatable bonds is 5. The number of fused-ring (bicyclic) bond motifs is 1. The summed E-state index contributed by atoms with van der Waals surface area (Å²) in [6.07, 6.45) is 2.92. The zero-order valence-electron chi connectivity index (χ0n) is 16.6. The summed E-state index contributed by atoms with van der Waals surface area (Å²) in [6, 6.07) is 15.5. The van der Waals surface area contributed by atoms with Crippen LogP contribution in [0.25, 0.3) is 11.0 Å². The van der Waals surface area contributed by atoms with Gasteiger partial charge in [-0.05, 0) is 36.4 Å². The Morgan fingerprint density at radius 3 is 2.71 bits per heavy atom. The van der Waals surface area contributed by atoms with Crippen LogP contribution in [-0.2, 0) is 6.54 Å². The van der Waals surface area contributed by atoms with Gasteiger partial charge in [0.1, 0.15) is 23.0 Å². The van der Waals surface area contributed by atoms with E-state index in [0.29, 0.717) is 35.7 Å². The average molecular weight is 417 g/mol. The molecule has 3 aromatic heterocycles. The van der Waals surface area contributed by atoms with Gasteiger partial charge in [0.05, 0.1) is 24.5 Å². The number of nitrogens with zero attached hydrogens (tertiary/aromatic N) is 4. The fraction of sp³-hybridized carbons (Fsp3) is 0.174. The minimum absolute atomic E-state index is 0.185. The highest BCUT2D eigenvalue weighted by Gasteiger charge is 2.25. The fourth-order valence-corrected chi connectivity index (χ4v) is 3.72. The molecule has 0 saturated carbocycles. The van der Waals surface area contributed by atoms with Gasteiger partial charge in [-0.25, -0.2) is 14.4 Å². The van der Waals surface area contributed by atoms with Crippen molar-refractivity contribution < 1.29 is 14.3 Å². The maximum absolute atomic E-state index is 14.3. The third kappa shape index (κ3) is 3.73. The molecule has 1 aliphatic heterocycles. The molecule has 4 aromatic rings. The molecule has 8 heteroatoms. The molecule has 1 saturated heterocycles. The van der Waals surface area contributed by atoms with Gasteiger partial charge >= 0.3 is 0 Å². The van der Waals surface area contributed by atoms with Crippen LogP contribution in [0.1, 0.15) is 16.1 Å². The Bertz CT molecular complexity index is 1250. The Morgan fingerprint density at radius 2 is 1.97 bits per heavy atom. The first kappa shape index (κ1) is 19.2. The van der Waals surface area contributed by atoms with Gasteiger partial charge in [0.2, 0.25) is 0 Å². The van der Waals surface area contributed by atoms with E-state index in [4.69, 9.17) is 0 Å². The van der Waals surface area contributed by atoms with Gasteiger partial charge in [-0.3, -0.25) is 4.79 Å². The number of amides is 1. The lowest BCUT2D eigenvalue weighted by atomic mass is 10.2. The SMILES string of the molecule is O=C(Nc1ccc(N2CC(O)C2)nc1)c1cc2cccnc2n1Cc1ccccc1F.